The Morgan fingerprint density at radius 2 is 2.38 bits per heavy atom. The van der Waals surface area contributed by atoms with E-state index in [1.165, 1.54) is 0 Å². The maximum absolute atomic E-state index is 5.97. The molecule has 72 valence electrons. The Balaban J connectivity index is 2.65. The summed E-state index contributed by atoms with van der Waals surface area (Å²) in [6, 6.07) is 1.91. The molecule has 0 aromatic carbocycles. The van der Waals surface area contributed by atoms with Crippen LogP contribution in [0.15, 0.2) is 18.5 Å². The zero-order chi connectivity index (χ0) is 9.68. The number of hydrogen-bond acceptors (Lipinski definition) is 3. The third kappa shape index (κ3) is 2.86. The summed E-state index contributed by atoms with van der Waals surface area (Å²) in [6.45, 7) is 1.87. The van der Waals surface area contributed by atoms with Crippen LogP contribution in [0.5, 0.6) is 0 Å². The van der Waals surface area contributed by atoms with E-state index in [2.05, 4.69) is 15.2 Å². The molecule has 0 radical (unpaired) electrons. The summed E-state index contributed by atoms with van der Waals surface area (Å²) < 4.78 is 0. The second-order valence-corrected chi connectivity index (χ2v) is 3.26. The lowest BCUT2D eigenvalue weighted by molar-refractivity contribution is 0.767. The summed E-state index contributed by atoms with van der Waals surface area (Å²) in [5.74, 6) is 0. The van der Waals surface area contributed by atoms with Crippen molar-refractivity contribution in [1.82, 2.24) is 10.3 Å². The van der Waals surface area contributed by atoms with Crippen LogP contribution in [0.2, 0.25) is 5.02 Å². The van der Waals surface area contributed by atoms with Gasteiger partial charge in [0.05, 0.1) is 10.7 Å². The number of hydrogen-bond donors (Lipinski definition) is 1. The molecule has 0 aliphatic rings. The molecule has 1 heterocycles. The van der Waals surface area contributed by atoms with E-state index in [9.17, 15) is 0 Å². The zero-order valence-corrected chi connectivity index (χ0v) is 8.67. The topological polar surface area (TPSA) is 28.2 Å². The van der Waals surface area contributed by atoms with Crippen LogP contribution in [0.3, 0.4) is 0 Å². The largest absolute Gasteiger partial charge is 0.372 e. The molecule has 0 amide bonds. The minimum atomic E-state index is 0.695. The normalized spacial score (nSPS) is 10.1. The molecular formula is C9H14ClN3. The summed E-state index contributed by atoms with van der Waals surface area (Å²) in [6.07, 6.45) is 3.41. The van der Waals surface area contributed by atoms with Crippen molar-refractivity contribution in [3.05, 3.63) is 23.5 Å². The number of anilines is 1. The Labute approximate surface area is 83.7 Å². The highest BCUT2D eigenvalue weighted by atomic mass is 35.5. The molecule has 0 spiro atoms. The van der Waals surface area contributed by atoms with E-state index in [1.807, 2.05) is 20.2 Å². The van der Waals surface area contributed by atoms with Crippen LogP contribution in [-0.2, 0) is 0 Å². The number of rotatable bonds is 4. The highest BCUT2D eigenvalue weighted by molar-refractivity contribution is 6.33. The molecule has 1 N–H and O–H groups in total. The quantitative estimate of drug-likeness (QED) is 0.795. The first-order chi connectivity index (χ1) is 6.25. The molecule has 13 heavy (non-hydrogen) atoms. The van der Waals surface area contributed by atoms with Crippen LogP contribution in [-0.4, -0.2) is 32.2 Å². The average Bonchev–Trinajstić information content (AvgIpc) is 2.15. The number of halogens is 1. The number of nitrogens with zero attached hydrogens (tertiary/aromatic N) is 2. The molecule has 0 fully saturated rings. The molecule has 1 rings (SSSR count). The first-order valence-electron chi connectivity index (χ1n) is 4.21. The van der Waals surface area contributed by atoms with E-state index in [0.717, 1.165) is 18.8 Å². The van der Waals surface area contributed by atoms with Crippen molar-refractivity contribution in [2.75, 3.05) is 32.1 Å². The lowest BCUT2D eigenvalue weighted by Crippen LogP contribution is -2.27. The van der Waals surface area contributed by atoms with Crippen molar-refractivity contribution in [2.45, 2.75) is 0 Å². The van der Waals surface area contributed by atoms with Gasteiger partial charge in [0.2, 0.25) is 0 Å². The van der Waals surface area contributed by atoms with Crippen molar-refractivity contribution in [1.29, 1.82) is 0 Å². The lowest BCUT2D eigenvalue weighted by atomic mass is 10.3. The zero-order valence-electron chi connectivity index (χ0n) is 7.92. The SMILES string of the molecule is CNCCN(C)c1ccncc1Cl. The maximum Gasteiger partial charge on any atom is 0.0822 e. The summed E-state index contributed by atoms with van der Waals surface area (Å²) in [4.78, 5) is 6.03. The van der Waals surface area contributed by atoms with Crippen molar-refractivity contribution in [3.63, 3.8) is 0 Å². The molecule has 0 aliphatic carbocycles. The average molecular weight is 200 g/mol. The molecule has 4 heteroatoms. The first-order valence-corrected chi connectivity index (χ1v) is 4.58. The molecule has 0 bridgehead atoms. The standard InChI is InChI=1S/C9H14ClN3/c1-11-5-6-13(2)9-3-4-12-7-8(9)10/h3-4,7,11H,5-6H2,1-2H3. The van der Waals surface area contributed by atoms with Gasteiger partial charge in [-0.25, -0.2) is 0 Å². The molecular weight excluding hydrogens is 186 g/mol. The smallest absolute Gasteiger partial charge is 0.0822 e. The summed E-state index contributed by atoms with van der Waals surface area (Å²) in [5, 5.41) is 3.78. The Bertz CT molecular complexity index is 265. The van der Waals surface area contributed by atoms with Gasteiger partial charge in [-0.2, -0.15) is 0 Å². The molecule has 1 aromatic rings. The molecule has 0 aliphatic heterocycles. The van der Waals surface area contributed by atoms with Crippen molar-refractivity contribution >= 4 is 17.3 Å². The summed E-state index contributed by atoms with van der Waals surface area (Å²) in [5.41, 5.74) is 1.02. The fourth-order valence-electron chi connectivity index (χ4n) is 1.08. The van der Waals surface area contributed by atoms with Gasteiger partial charge >= 0.3 is 0 Å². The van der Waals surface area contributed by atoms with Gasteiger partial charge in [-0.05, 0) is 13.1 Å². The van der Waals surface area contributed by atoms with Crippen molar-refractivity contribution < 1.29 is 0 Å². The number of nitrogens with one attached hydrogen (secondary N) is 1. The first kappa shape index (κ1) is 10.3. The van der Waals surface area contributed by atoms with Crippen LogP contribution in [0.4, 0.5) is 5.69 Å². The van der Waals surface area contributed by atoms with Gasteiger partial charge in [0.15, 0.2) is 0 Å². The van der Waals surface area contributed by atoms with Gasteiger partial charge < -0.3 is 10.2 Å². The third-order valence-electron chi connectivity index (χ3n) is 1.86. The van der Waals surface area contributed by atoms with Crippen LogP contribution in [0.1, 0.15) is 0 Å². The Hall–Kier alpha value is -0.800. The Morgan fingerprint density at radius 3 is 3.00 bits per heavy atom. The highest BCUT2D eigenvalue weighted by Crippen LogP contribution is 2.22. The third-order valence-corrected chi connectivity index (χ3v) is 2.15. The predicted octanol–water partition coefficient (Wildman–Crippen LogP) is 1.39. The molecule has 3 nitrogen and oxygen atoms in total. The van der Waals surface area contributed by atoms with Crippen molar-refractivity contribution in [2.24, 2.45) is 0 Å². The minimum absolute atomic E-state index is 0.695. The van der Waals surface area contributed by atoms with Crippen LogP contribution in [0.25, 0.3) is 0 Å². The van der Waals surface area contributed by atoms with Crippen molar-refractivity contribution in [3.8, 4) is 0 Å². The fourth-order valence-corrected chi connectivity index (χ4v) is 1.34. The Morgan fingerprint density at radius 1 is 1.62 bits per heavy atom. The molecule has 0 unspecified atom stereocenters. The van der Waals surface area contributed by atoms with Gasteiger partial charge in [0, 0.05) is 32.5 Å². The van der Waals surface area contributed by atoms with E-state index in [0.29, 0.717) is 5.02 Å². The number of pyridine rings is 1. The number of aromatic nitrogens is 1. The monoisotopic (exact) mass is 199 g/mol. The fraction of sp³-hybridized carbons (Fsp3) is 0.444. The minimum Gasteiger partial charge on any atom is -0.372 e. The van der Waals surface area contributed by atoms with E-state index < -0.39 is 0 Å². The summed E-state index contributed by atoms with van der Waals surface area (Å²) in [7, 11) is 3.94. The van der Waals surface area contributed by atoms with E-state index in [-0.39, 0.29) is 0 Å². The summed E-state index contributed by atoms with van der Waals surface area (Å²) >= 11 is 5.97. The number of likely N-dealkylation sites (N-methyl/N-ethyl adjacent to an activating group) is 2. The van der Waals surface area contributed by atoms with E-state index in [4.69, 9.17) is 11.6 Å². The van der Waals surface area contributed by atoms with Crippen LogP contribution < -0.4 is 10.2 Å². The predicted molar refractivity (Wildman–Crippen MR) is 56.4 cm³/mol. The van der Waals surface area contributed by atoms with E-state index in [1.54, 1.807) is 12.4 Å². The van der Waals surface area contributed by atoms with Crippen LogP contribution in [0, 0.1) is 0 Å². The maximum atomic E-state index is 5.97. The molecule has 0 atom stereocenters. The van der Waals surface area contributed by atoms with Gasteiger partial charge in [-0.15, -0.1) is 0 Å². The second-order valence-electron chi connectivity index (χ2n) is 2.85. The molecule has 1 aromatic heterocycles. The van der Waals surface area contributed by atoms with Gasteiger partial charge in [0.25, 0.3) is 0 Å². The molecule has 0 saturated carbocycles. The molecule has 0 saturated heterocycles. The van der Waals surface area contributed by atoms with Gasteiger partial charge in [0.1, 0.15) is 0 Å². The van der Waals surface area contributed by atoms with Crippen LogP contribution >= 0.6 is 11.6 Å². The second kappa shape index (κ2) is 5.04. The van der Waals surface area contributed by atoms with Gasteiger partial charge in [-0.1, -0.05) is 11.6 Å². The lowest BCUT2D eigenvalue weighted by Gasteiger charge is -2.19. The van der Waals surface area contributed by atoms with E-state index >= 15 is 0 Å². The Kier molecular flexibility index (Phi) is 3.99. The highest BCUT2D eigenvalue weighted by Gasteiger charge is 2.03. The van der Waals surface area contributed by atoms with Gasteiger partial charge in [-0.3, -0.25) is 4.98 Å².